The van der Waals surface area contributed by atoms with Gasteiger partial charge in [0.25, 0.3) is 6.47 Å². The number of carbonyl (C=O) groups excluding carboxylic acids is 3. The van der Waals surface area contributed by atoms with Crippen molar-refractivity contribution in [2.24, 2.45) is 28.6 Å². The number of fused-ring (bicyclic) bond motifs is 5. The summed E-state index contributed by atoms with van der Waals surface area (Å²) in [6.07, 6.45) is 8.91. The molecule has 4 aliphatic rings. The maximum absolute atomic E-state index is 12.8. The van der Waals surface area contributed by atoms with Crippen LogP contribution < -0.4 is 0 Å². The van der Waals surface area contributed by atoms with Crippen molar-refractivity contribution < 1.29 is 19.1 Å². The molecule has 0 aromatic heterocycles. The Bertz CT molecular complexity index is 715. The number of allylic oxidation sites excluding steroid dienone is 1. The average Bonchev–Trinajstić information content (AvgIpc) is 2.95. The molecule has 0 radical (unpaired) electrons. The van der Waals surface area contributed by atoms with Crippen LogP contribution in [-0.2, 0) is 19.1 Å². The molecule has 0 heterocycles. The maximum Gasteiger partial charge on any atom is 0.294 e. The Hall–Kier alpha value is -1.16. The van der Waals surface area contributed by atoms with Crippen LogP contribution in [0.3, 0.4) is 0 Å². The lowest BCUT2D eigenvalue weighted by Gasteiger charge is -2.59. The van der Waals surface area contributed by atoms with Crippen LogP contribution in [0.1, 0.15) is 65.2 Å². The lowest BCUT2D eigenvalue weighted by atomic mass is 9.46. The zero-order chi connectivity index (χ0) is 19.4. The summed E-state index contributed by atoms with van der Waals surface area (Å²) >= 11 is 5.93. The normalized spacial score (nSPS) is 46.0. The van der Waals surface area contributed by atoms with Gasteiger partial charge >= 0.3 is 0 Å². The smallest absolute Gasteiger partial charge is 0.294 e. The Balaban J connectivity index is 1.70. The van der Waals surface area contributed by atoms with Crippen LogP contribution >= 0.6 is 11.6 Å². The summed E-state index contributed by atoms with van der Waals surface area (Å²) in [6.45, 7) is 4.94. The van der Waals surface area contributed by atoms with Crippen molar-refractivity contribution in [1.29, 1.82) is 0 Å². The molecular weight excluding hydrogens is 364 g/mol. The van der Waals surface area contributed by atoms with Crippen molar-refractivity contribution in [1.82, 2.24) is 0 Å². The van der Waals surface area contributed by atoms with E-state index in [1.807, 2.05) is 6.08 Å². The van der Waals surface area contributed by atoms with Crippen molar-refractivity contribution in [3.63, 3.8) is 0 Å². The molecule has 0 amide bonds. The van der Waals surface area contributed by atoms with Gasteiger partial charge in [-0.2, -0.15) is 0 Å². The molecule has 6 atom stereocenters. The molecule has 0 aliphatic heterocycles. The van der Waals surface area contributed by atoms with Crippen molar-refractivity contribution in [2.45, 2.75) is 70.8 Å². The first-order valence-electron chi connectivity index (χ1n) is 10.3. The number of rotatable bonds is 4. The Morgan fingerprint density at radius 1 is 1.19 bits per heavy atom. The topological polar surface area (TPSA) is 60.4 Å². The highest BCUT2D eigenvalue weighted by molar-refractivity contribution is 6.29. The second-order valence-corrected chi connectivity index (χ2v) is 9.83. The molecule has 4 aliphatic carbocycles. The molecule has 5 heteroatoms. The Labute approximate surface area is 166 Å². The van der Waals surface area contributed by atoms with E-state index in [9.17, 15) is 14.4 Å². The van der Waals surface area contributed by atoms with Gasteiger partial charge in [0.1, 0.15) is 0 Å². The summed E-state index contributed by atoms with van der Waals surface area (Å²) in [7, 11) is 0. The SMILES string of the molecule is C[C@]12CCC(=O)C=C1CC[C@@H]1[C@@H]2CC[C@@]2(C)[C@H]1CC[C@]2(OC=O)C(=O)CCl. The maximum atomic E-state index is 12.8. The van der Waals surface area contributed by atoms with Gasteiger partial charge in [-0.1, -0.05) is 19.4 Å². The van der Waals surface area contributed by atoms with E-state index in [0.717, 1.165) is 38.5 Å². The highest BCUT2D eigenvalue weighted by atomic mass is 35.5. The first-order valence-corrected chi connectivity index (χ1v) is 10.8. The van der Waals surface area contributed by atoms with E-state index in [2.05, 4.69) is 13.8 Å². The standard InChI is InChI=1S/C22H29ClO4/c1-20-8-5-15(25)11-14(20)3-4-16-17(20)6-9-21(2)18(16)7-10-22(21,27-13-24)19(26)12-23/h11,13,16-18H,3-10,12H2,1-2H3/t16-,17+,18+,20+,21+,22+/m1/s1. The Kier molecular flexibility index (Phi) is 4.57. The van der Waals surface area contributed by atoms with E-state index in [1.165, 1.54) is 5.57 Å². The van der Waals surface area contributed by atoms with Crippen molar-refractivity contribution in [3.05, 3.63) is 11.6 Å². The molecule has 4 nitrogen and oxygen atoms in total. The zero-order valence-electron chi connectivity index (χ0n) is 16.3. The number of Topliss-reactive ketones (excluding diaryl/α,β-unsaturated/α-hetero) is 1. The molecule has 3 saturated carbocycles. The average molecular weight is 393 g/mol. The van der Waals surface area contributed by atoms with Crippen LogP contribution in [0.5, 0.6) is 0 Å². The fourth-order valence-electron chi connectivity index (χ4n) is 7.46. The fraction of sp³-hybridized carbons (Fsp3) is 0.773. The number of ketones is 2. The van der Waals surface area contributed by atoms with Gasteiger partial charge in [-0.25, -0.2) is 0 Å². The van der Waals surface area contributed by atoms with Crippen LogP contribution in [0.15, 0.2) is 11.6 Å². The predicted octanol–water partition coefficient (Wildman–Crippen LogP) is 4.24. The quantitative estimate of drug-likeness (QED) is 0.530. The summed E-state index contributed by atoms with van der Waals surface area (Å²) in [5, 5.41) is 0. The predicted molar refractivity (Wildman–Crippen MR) is 102 cm³/mol. The molecule has 0 N–H and O–H groups in total. The third-order valence-electron chi connectivity index (χ3n) is 8.90. The van der Waals surface area contributed by atoms with Crippen LogP contribution in [0.2, 0.25) is 0 Å². The second kappa shape index (κ2) is 6.43. The molecule has 148 valence electrons. The minimum absolute atomic E-state index is 0.103. The van der Waals surface area contributed by atoms with E-state index in [4.69, 9.17) is 16.3 Å². The zero-order valence-corrected chi connectivity index (χ0v) is 17.0. The molecular formula is C22H29ClO4. The Morgan fingerprint density at radius 3 is 2.63 bits per heavy atom. The van der Waals surface area contributed by atoms with E-state index in [-0.39, 0.29) is 28.3 Å². The summed E-state index contributed by atoms with van der Waals surface area (Å²) in [5.74, 6) is 1.43. The first kappa shape index (κ1) is 19.2. The summed E-state index contributed by atoms with van der Waals surface area (Å²) in [5.41, 5.74) is 0.0362. The van der Waals surface area contributed by atoms with Crippen molar-refractivity contribution >= 4 is 29.6 Å². The van der Waals surface area contributed by atoms with Crippen LogP contribution in [0.4, 0.5) is 0 Å². The third kappa shape index (κ3) is 2.44. The number of hydrogen-bond donors (Lipinski definition) is 0. The number of ether oxygens (including phenoxy) is 1. The third-order valence-corrected chi connectivity index (χ3v) is 9.15. The van der Waals surface area contributed by atoms with Gasteiger partial charge in [-0.3, -0.25) is 14.4 Å². The first-order chi connectivity index (χ1) is 12.8. The van der Waals surface area contributed by atoms with E-state index in [1.54, 1.807) is 0 Å². The van der Waals surface area contributed by atoms with Gasteiger partial charge in [-0.05, 0) is 74.2 Å². The van der Waals surface area contributed by atoms with E-state index in [0.29, 0.717) is 37.1 Å². The molecule has 0 aromatic carbocycles. The highest BCUT2D eigenvalue weighted by Crippen LogP contribution is 2.68. The summed E-state index contributed by atoms with van der Waals surface area (Å²) in [4.78, 5) is 36.1. The summed E-state index contributed by atoms with van der Waals surface area (Å²) in [6, 6.07) is 0. The van der Waals surface area contributed by atoms with Gasteiger partial charge in [0.15, 0.2) is 17.2 Å². The van der Waals surface area contributed by atoms with E-state index < -0.39 is 5.60 Å². The number of alkyl halides is 1. The molecule has 27 heavy (non-hydrogen) atoms. The number of halogens is 1. The van der Waals surface area contributed by atoms with Crippen LogP contribution in [0.25, 0.3) is 0 Å². The van der Waals surface area contributed by atoms with Gasteiger partial charge in [-0.15, -0.1) is 11.6 Å². The molecule has 0 unspecified atom stereocenters. The number of carbonyl (C=O) groups is 3. The lowest BCUT2D eigenvalue weighted by molar-refractivity contribution is -0.178. The van der Waals surface area contributed by atoms with Gasteiger partial charge < -0.3 is 4.74 Å². The van der Waals surface area contributed by atoms with Crippen molar-refractivity contribution in [3.8, 4) is 0 Å². The largest absolute Gasteiger partial charge is 0.453 e. The van der Waals surface area contributed by atoms with Gasteiger partial charge in [0.2, 0.25) is 0 Å². The minimum atomic E-state index is -1.06. The monoisotopic (exact) mass is 392 g/mol. The number of hydrogen-bond acceptors (Lipinski definition) is 4. The molecule has 0 aromatic rings. The molecule has 0 saturated heterocycles. The van der Waals surface area contributed by atoms with Crippen LogP contribution in [-0.4, -0.2) is 29.5 Å². The molecule has 0 spiro atoms. The Morgan fingerprint density at radius 2 is 1.93 bits per heavy atom. The van der Waals surface area contributed by atoms with E-state index >= 15 is 0 Å². The summed E-state index contributed by atoms with van der Waals surface area (Å²) < 4.78 is 5.57. The van der Waals surface area contributed by atoms with Gasteiger partial charge in [0.05, 0.1) is 5.88 Å². The molecule has 3 fully saturated rings. The minimum Gasteiger partial charge on any atom is -0.453 e. The van der Waals surface area contributed by atoms with Crippen molar-refractivity contribution in [2.75, 3.05) is 5.88 Å². The molecule has 4 rings (SSSR count). The fourth-order valence-corrected chi connectivity index (χ4v) is 7.68. The van der Waals surface area contributed by atoms with Crippen LogP contribution in [0, 0.1) is 28.6 Å². The second-order valence-electron chi connectivity index (χ2n) is 9.56. The highest BCUT2D eigenvalue weighted by Gasteiger charge is 2.67. The van der Waals surface area contributed by atoms with Gasteiger partial charge in [0, 0.05) is 11.8 Å². The molecule has 0 bridgehead atoms. The lowest BCUT2D eigenvalue weighted by Crippen LogP contribution is -2.58.